The third-order valence-electron chi connectivity index (χ3n) is 7.48. The molecule has 3 aromatic rings. The average molecular weight is 491 g/mol. The molecule has 8 heteroatoms. The number of fused-ring (bicyclic) bond motifs is 3. The van der Waals surface area contributed by atoms with E-state index in [0.29, 0.717) is 10.9 Å². The van der Waals surface area contributed by atoms with Crippen LogP contribution in [0.5, 0.6) is 0 Å². The first-order valence-electron chi connectivity index (χ1n) is 12.4. The molecule has 1 aliphatic carbocycles. The van der Waals surface area contributed by atoms with Crippen LogP contribution in [0.2, 0.25) is 0 Å². The molecule has 2 aromatic carbocycles. The van der Waals surface area contributed by atoms with Crippen LogP contribution in [0.3, 0.4) is 0 Å². The molecule has 36 heavy (non-hydrogen) atoms. The fraction of sp³-hybridized carbons (Fsp3) is 0.393. The highest BCUT2D eigenvalue weighted by molar-refractivity contribution is 6.14. The molecule has 5 rings (SSSR count). The number of halogens is 1. The molecule has 1 atom stereocenters. The molecule has 0 saturated heterocycles. The van der Waals surface area contributed by atoms with Gasteiger partial charge < -0.3 is 20.1 Å². The summed E-state index contributed by atoms with van der Waals surface area (Å²) in [6.45, 7) is 5.54. The first kappa shape index (κ1) is 24.0. The van der Waals surface area contributed by atoms with Crippen molar-refractivity contribution in [3.8, 4) is 0 Å². The second-order valence-corrected chi connectivity index (χ2v) is 10.3. The number of anilines is 1. The van der Waals surface area contributed by atoms with Gasteiger partial charge in [-0.05, 0) is 50.5 Å². The highest BCUT2D eigenvalue weighted by Crippen LogP contribution is 2.40. The molecule has 1 saturated carbocycles. The van der Waals surface area contributed by atoms with E-state index in [0.717, 1.165) is 36.8 Å². The van der Waals surface area contributed by atoms with Gasteiger partial charge >= 0.3 is 0 Å². The quantitative estimate of drug-likeness (QED) is 0.552. The largest absolute Gasteiger partial charge is 0.351 e. The zero-order chi connectivity index (χ0) is 25.6. The molecule has 1 fully saturated rings. The Morgan fingerprint density at radius 3 is 2.47 bits per heavy atom. The van der Waals surface area contributed by atoms with E-state index in [4.69, 9.17) is 0 Å². The Bertz CT molecular complexity index is 1360. The number of carbonyl (C=O) groups is 3. The summed E-state index contributed by atoms with van der Waals surface area (Å²) < 4.78 is 16.0. The Morgan fingerprint density at radius 1 is 1.11 bits per heavy atom. The summed E-state index contributed by atoms with van der Waals surface area (Å²) in [6, 6.07) is 12.2. The van der Waals surface area contributed by atoms with E-state index in [-0.39, 0.29) is 48.2 Å². The van der Waals surface area contributed by atoms with Crippen molar-refractivity contribution in [2.75, 3.05) is 5.32 Å². The molecule has 0 spiro atoms. The number of carbonyl (C=O) groups excluding carboxylic acids is 3. The number of hydrogen-bond donors (Lipinski definition) is 2. The third kappa shape index (κ3) is 4.14. The van der Waals surface area contributed by atoms with E-state index in [1.165, 1.54) is 19.1 Å². The van der Waals surface area contributed by atoms with Crippen LogP contribution in [0.1, 0.15) is 61.1 Å². The molecule has 188 valence electrons. The lowest BCUT2D eigenvalue weighted by molar-refractivity contribution is -0.133. The predicted octanol–water partition coefficient (Wildman–Crippen LogP) is 4.52. The molecule has 2 heterocycles. The highest BCUT2D eigenvalue weighted by atomic mass is 19.1. The van der Waals surface area contributed by atoms with Gasteiger partial charge in [0, 0.05) is 24.9 Å². The van der Waals surface area contributed by atoms with Gasteiger partial charge in [-0.2, -0.15) is 0 Å². The molecule has 1 unspecified atom stereocenters. The summed E-state index contributed by atoms with van der Waals surface area (Å²) in [6.07, 6.45) is 4.01. The van der Waals surface area contributed by atoms with Crippen molar-refractivity contribution in [2.24, 2.45) is 0 Å². The van der Waals surface area contributed by atoms with Gasteiger partial charge in [0.2, 0.25) is 11.8 Å². The number of nitrogens with one attached hydrogen (secondary N) is 2. The van der Waals surface area contributed by atoms with Crippen molar-refractivity contribution < 1.29 is 18.8 Å². The molecule has 2 N–H and O–H groups in total. The average Bonchev–Trinajstić information content (AvgIpc) is 3.44. The van der Waals surface area contributed by atoms with Gasteiger partial charge in [-0.15, -0.1) is 0 Å². The van der Waals surface area contributed by atoms with Crippen LogP contribution in [0.15, 0.2) is 42.5 Å². The standard InChI is InChI=1S/C28H31FN4O3/c1-17-8-10-19(11-9-17)15-33-26(35)25-24(30-18(2)34)22-14-20(29)12-13-23(22)32(25)16-28(33,3)27(36)31-21-6-4-5-7-21/h8-14,21H,4-7,15-16H2,1-3H3,(H,30,34)(H,31,36). The number of aryl methyl sites for hydroxylation is 1. The van der Waals surface area contributed by atoms with E-state index >= 15 is 0 Å². The third-order valence-corrected chi connectivity index (χ3v) is 7.48. The Morgan fingerprint density at radius 2 is 1.81 bits per heavy atom. The maximum atomic E-state index is 14.2. The van der Waals surface area contributed by atoms with Gasteiger partial charge in [0.05, 0.1) is 17.7 Å². The SMILES string of the molecule is CC(=O)Nc1c2n(c3ccc(F)cc13)CC(C)(C(=O)NC1CCCC1)N(Cc1ccc(C)cc1)C2=O. The molecule has 3 amide bonds. The summed E-state index contributed by atoms with van der Waals surface area (Å²) in [5.41, 5.74) is 1.92. The van der Waals surface area contributed by atoms with Gasteiger partial charge in [0.25, 0.3) is 5.91 Å². The first-order valence-corrected chi connectivity index (χ1v) is 12.4. The molecule has 2 aliphatic rings. The summed E-state index contributed by atoms with van der Waals surface area (Å²) in [4.78, 5) is 41.7. The topological polar surface area (TPSA) is 83.4 Å². The second kappa shape index (κ2) is 9.08. The molecule has 0 bridgehead atoms. The Balaban J connectivity index is 1.65. The fourth-order valence-corrected chi connectivity index (χ4v) is 5.49. The Kier molecular flexibility index (Phi) is 6.06. The lowest BCUT2D eigenvalue weighted by Crippen LogP contribution is -2.64. The lowest BCUT2D eigenvalue weighted by atomic mass is 9.93. The minimum atomic E-state index is -1.19. The first-order chi connectivity index (χ1) is 17.2. The highest BCUT2D eigenvalue weighted by Gasteiger charge is 2.49. The van der Waals surface area contributed by atoms with Crippen molar-refractivity contribution in [2.45, 2.75) is 71.1 Å². The van der Waals surface area contributed by atoms with Crippen molar-refractivity contribution in [3.63, 3.8) is 0 Å². The second-order valence-electron chi connectivity index (χ2n) is 10.3. The van der Waals surface area contributed by atoms with Gasteiger partial charge in [0.1, 0.15) is 17.1 Å². The van der Waals surface area contributed by atoms with E-state index in [1.54, 1.807) is 22.5 Å². The van der Waals surface area contributed by atoms with Crippen molar-refractivity contribution in [1.29, 1.82) is 0 Å². The van der Waals surface area contributed by atoms with Crippen LogP contribution in [0.25, 0.3) is 10.9 Å². The van der Waals surface area contributed by atoms with Crippen LogP contribution in [-0.2, 0) is 22.7 Å². The van der Waals surface area contributed by atoms with Crippen LogP contribution in [0, 0.1) is 12.7 Å². The molecule has 1 aromatic heterocycles. The van der Waals surface area contributed by atoms with Gasteiger partial charge in [-0.3, -0.25) is 14.4 Å². The van der Waals surface area contributed by atoms with Crippen molar-refractivity contribution in [3.05, 3.63) is 65.1 Å². The summed E-state index contributed by atoms with van der Waals surface area (Å²) >= 11 is 0. The zero-order valence-electron chi connectivity index (χ0n) is 20.9. The van der Waals surface area contributed by atoms with E-state index in [9.17, 15) is 18.8 Å². The minimum absolute atomic E-state index is 0.0949. The van der Waals surface area contributed by atoms with Gasteiger partial charge in [-0.25, -0.2) is 4.39 Å². The predicted molar refractivity (Wildman–Crippen MR) is 136 cm³/mol. The number of hydrogen-bond acceptors (Lipinski definition) is 3. The van der Waals surface area contributed by atoms with E-state index in [2.05, 4.69) is 10.6 Å². The summed E-state index contributed by atoms with van der Waals surface area (Å²) in [7, 11) is 0. The van der Waals surface area contributed by atoms with E-state index in [1.807, 2.05) is 31.2 Å². The maximum Gasteiger partial charge on any atom is 0.273 e. The van der Waals surface area contributed by atoms with Gasteiger partial charge in [0.15, 0.2) is 0 Å². The zero-order valence-corrected chi connectivity index (χ0v) is 20.9. The van der Waals surface area contributed by atoms with Crippen LogP contribution in [0.4, 0.5) is 10.1 Å². The molecular formula is C28H31FN4O3. The molecule has 1 aliphatic heterocycles. The number of benzene rings is 2. The molecular weight excluding hydrogens is 459 g/mol. The van der Waals surface area contributed by atoms with Crippen molar-refractivity contribution >= 4 is 34.3 Å². The minimum Gasteiger partial charge on any atom is -0.351 e. The summed E-state index contributed by atoms with van der Waals surface area (Å²) in [5, 5.41) is 6.37. The van der Waals surface area contributed by atoms with Crippen LogP contribution < -0.4 is 10.6 Å². The lowest BCUT2D eigenvalue weighted by Gasteiger charge is -2.44. The van der Waals surface area contributed by atoms with Crippen LogP contribution >= 0.6 is 0 Å². The van der Waals surface area contributed by atoms with Crippen molar-refractivity contribution in [1.82, 2.24) is 14.8 Å². The molecule has 7 nitrogen and oxygen atoms in total. The molecule has 0 radical (unpaired) electrons. The Hall–Kier alpha value is -3.68. The number of rotatable bonds is 5. The number of amides is 3. The normalized spacial score (nSPS) is 20.0. The van der Waals surface area contributed by atoms with Gasteiger partial charge in [-0.1, -0.05) is 42.7 Å². The fourth-order valence-electron chi connectivity index (χ4n) is 5.49. The monoisotopic (exact) mass is 490 g/mol. The Labute approximate surface area is 209 Å². The number of nitrogens with zero attached hydrogens (tertiary/aromatic N) is 2. The summed E-state index contributed by atoms with van der Waals surface area (Å²) in [5.74, 6) is -1.42. The van der Waals surface area contributed by atoms with E-state index < -0.39 is 11.4 Å². The smallest absolute Gasteiger partial charge is 0.273 e. The number of aromatic nitrogens is 1. The maximum absolute atomic E-state index is 14.2. The van der Waals surface area contributed by atoms with Crippen LogP contribution in [-0.4, -0.2) is 38.8 Å².